The van der Waals surface area contributed by atoms with Crippen molar-refractivity contribution >= 4 is 11.6 Å². The first-order valence-corrected chi connectivity index (χ1v) is 5.12. The summed E-state index contributed by atoms with van der Waals surface area (Å²) < 4.78 is 5.62. The molecular weight excluding hydrogens is 198 g/mol. The van der Waals surface area contributed by atoms with Crippen LogP contribution in [0.4, 0.5) is 0 Å². The molecule has 0 fully saturated rings. The molecule has 0 aliphatic carbocycles. The predicted octanol–water partition coefficient (Wildman–Crippen LogP) is 2.68. The van der Waals surface area contributed by atoms with Gasteiger partial charge in [-0.1, -0.05) is 11.6 Å². The van der Waals surface area contributed by atoms with Crippen LogP contribution in [0.15, 0.2) is 12.1 Å². The molecule has 3 heteroatoms. The van der Waals surface area contributed by atoms with Crippen molar-refractivity contribution < 1.29 is 4.74 Å². The van der Waals surface area contributed by atoms with Crippen molar-refractivity contribution in [1.29, 1.82) is 0 Å². The first-order chi connectivity index (χ1) is 6.65. The highest BCUT2D eigenvalue weighted by Gasteiger charge is 2.04. The fraction of sp³-hybridized carbons (Fsp3) is 0.455. The Morgan fingerprint density at radius 2 is 1.86 bits per heavy atom. The lowest BCUT2D eigenvalue weighted by Gasteiger charge is -2.11. The molecule has 0 saturated carbocycles. The summed E-state index contributed by atoms with van der Waals surface area (Å²) in [6, 6.07) is 3.82. The van der Waals surface area contributed by atoms with Crippen LogP contribution in [0.2, 0.25) is 5.02 Å². The Morgan fingerprint density at radius 1 is 1.29 bits per heavy atom. The highest BCUT2D eigenvalue weighted by molar-refractivity contribution is 6.30. The van der Waals surface area contributed by atoms with Crippen LogP contribution in [0, 0.1) is 13.8 Å². The van der Waals surface area contributed by atoms with E-state index in [1.165, 1.54) is 0 Å². The Labute approximate surface area is 90.0 Å². The van der Waals surface area contributed by atoms with Crippen molar-refractivity contribution in [3.63, 3.8) is 0 Å². The maximum absolute atomic E-state index is 5.91. The van der Waals surface area contributed by atoms with Gasteiger partial charge in [-0.05, 0) is 50.1 Å². The largest absolute Gasteiger partial charge is 0.493 e. The third-order valence-corrected chi connectivity index (χ3v) is 2.24. The first-order valence-electron chi connectivity index (χ1n) is 4.74. The van der Waals surface area contributed by atoms with Gasteiger partial charge in [0, 0.05) is 5.02 Å². The summed E-state index contributed by atoms with van der Waals surface area (Å²) in [5.74, 6) is 0.933. The molecule has 0 aromatic heterocycles. The molecule has 1 aromatic carbocycles. The molecule has 0 aliphatic heterocycles. The summed E-state index contributed by atoms with van der Waals surface area (Å²) in [7, 11) is 0. The fourth-order valence-electron chi connectivity index (χ4n) is 1.38. The molecular formula is C11H16ClNO. The van der Waals surface area contributed by atoms with E-state index in [4.69, 9.17) is 22.1 Å². The summed E-state index contributed by atoms with van der Waals surface area (Å²) in [6.07, 6.45) is 0.876. The fourth-order valence-corrected chi connectivity index (χ4v) is 1.71. The first kappa shape index (κ1) is 11.3. The second kappa shape index (κ2) is 5.23. The number of nitrogens with two attached hydrogens (primary N) is 1. The van der Waals surface area contributed by atoms with E-state index in [0.717, 1.165) is 28.3 Å². The molecule has 0 amide bonds. The van der Waals surface area contributed by atoms with Gasteiger partial charge in [-0.25, -0.2) is 0 Å². The van der Waals surface area contributed by atoms with Crippen LogP contribution in [-0.2, 0) is 0 Å². The van der Waals surface area contributed by atoms with E-state index in [9.17, 15) is 0 Å². The van der Waals surface area contributed by atoms with Gasteiger partial charge >= 0.3 is 0 Å². The van der Waals surface area contributed by atoms with Crippen LogP contribution in [0.1, 0.15) is 17.5 Å². The van der Waals surface area contributed by atoms with Gasteiger partial charge in [-0.2, -0.15) is 0 Å². The maximum Gasteiger partial charge on any atom is 0.125 e. The quantitative estimate of drug-likeness (QED) is 0.781. The lowest BCUT2D eigenvalue weighted by Crippen LogP contribution is -2.07. The van der Waals surface area contributed by atoms with E-state index in [1.54, 1.807) is 0 Å². The molecule has 1 rings (SSSR count). The smallest absolute Gasteiger partial charge is 0.125 e. The van der Waals surface area contributed by atoms with Crippen molar-refractivity contribution in [2.75, 3.05) is 13.2 Å². The predicted molar refractivity (Wildman–Crippen MR) is 60.1 cm³/mol. The minimum atomic E-state index is 0.658. The van der Waals surface area contributed by atoms with E-state index in [2.05, 4.69) is 0 Å². The van der Waals surface area contributed by atoms with E-state index in [-0.39, 0.29) is 0 Å². The Hall–Kier alpha value is -0.730. The second-order valence-electron chi connectivity index (χ2n) is 3.36. The Bertz CT molecular complexity index is 289. The van der Waals surface area contributed by atoms with Gasteiger partial charge < -0.3 is 10.5 Å². The van der Waals surface area contributed by atoms with Crippen LogP contribution < -0.4 is 10.5 Å². The van der Waals surface area contributed by atoms with Crippen molar-refractivity contribution in [2.24, 2.45) is 5.73 Å². The third kappa shape index (κ3) is 2.89. The van der Waals surface area contributed by atoms with Crippen LogP contribution >= 0.6 is 11.6 Å². The van der Waals surface area contributed by atoms with Gasteiger partial charge in [0.2, 0.25) is 0 Å². The molecule has 1 aromatic rings. The van der Waals surface area contributed by atoms with Crippen molar-refractivity contribution in [1.82, 2.24) is 0 Å². The topological polar surface area (TPSA) is 35.2 Å². The average Bonchev–Trinajstić information content (AvgIpc) is 2.09. The zero-order valence-electron chi connectivity index (χ0n) is 8.64. The normalized spacial score (nSPS) is 10.3. The molecule has 2 N–H and O–H groups in total. The summed E-state index contributed by atoms with van der Waals surface area (Å²) >= 11 is 5.91. The van der Waals surface area contributed by atoms with Crippen LogP contribution in [0.5, 0.6) is 5.75 Å². The lowest BCUT2D eigenvalue weighted by molar-refractivity contribution is 0.309. The number of rotatable bonds is 4. The van der Waals surface area contributed by atoms with E-state index >= 15 is 0 Å². The SMILES string of the molecule is Cc1cc(Cl)cc(C)c1OCCCN. The average molecular weight is 214 g/mol. The minimum absolute atomic E-state index is 0.658. The molecule has 0 aliphatic rings. The van der Waals surface area contributed by atoms with Gasteiger partial charge in [0.15, 0.2) is 0 Å². The highest BCUT2D eigenvalue weighted by atomic mass is 35.5. The molecule has 0 unspecified atom stereocenters. The van der Waals surface area contributed by atoms with E-state index < -0.39 is 0 Å². The van der Waals surface area contributed by atoms with Crippen LogP contribution in [-0.4, -0.2) is 13.2 Å². The third-order valence-electron chi connectivity index (χ3n) is 2.02. The Balaban J connectivity index is 2.75. The Kier molecular flexibility index (Phi) is 4.23. The van der Waals surface area contributed by atoms with Gasteiger partial charge in [-0.3, -0.25) is 0 Å². The van der Waals surface area contributed by atoms with Crippen molar-refractivity contribution in [3.8, 4) is 5.75 Å². The molecule has 0 saturated heterocycles. The van der Waals surface area contributed by atoms with Crippen molar-refractivity contribution in [3.05, 3.63) is 28.3 Å². The zero-order valence-corrected chi connectivity index (χ0v) is 9.40. The molecule has 0 heterocycles. The monoisotopic (exact) mass is 213 g/mol. The lowest BCUT2D eigenvalue weighted by atomic mass is 10.1. The molecule has 0 atom stereocenters. The summed E-state index contributed by atoms with van der Waals surface area (Å²) in [5, 5.41) is 0.756. The standard InChI is InChI=1S/C11H16ClNO/c1-8-6-10(12)7-9(2)11(8)14-5-3-4-13/h6-7H,3-5,13H2,1-2H3. The highest BCUT2D eigenvalue weighted by Crippen LogP contribution is 2.26. The van der Waals surface area contributed by atoms with Crippen LogP contribution in [0.25, 0.3) is 0 Å². The van der Waals surface area contributed by atoms with Crippen LogP contribution in [0.3, 0.4) is 0 Å². The van der Waals surface area contributed by atoms with Gasteiger partial charge in [0.1, 0.15) is 5.75 Å². The number of benzene rings is 1. The van der Waals surface area contributed by atoms with Crippen molar-refractivity contribution in [2.45, 2.75) is 20.3 Å². The minimum Gasteiger partial charge on any atom is -0.493 e. The molecule has 0 bridgehead atoms. The summed E-state index contributed by atoms with van der Waals surface area (Å²) in [6.45, 7) is 5.32. The zero-order chi connectivity index (χ0) is 10.6. The number of aryl methyl sites for hydroxylation is 2. The molecule has 14 heavy (non-hydrogen) atoms. The van der Waals surface area contributed by atoms with E-state index in [1.807, 2.05) is 26.0 Å². The van der Waals surface area contributed by atoms with E-state index in [0.29, 0.717) is 13.2 Å². The molecule has 0 radical (unpaired) electrons. The molecule has 2 nitrogen and oxygen atoms in total. The second-order valence-corrected chi connectivity index (χ2v) is 3.80. The van der Waals surface area contributed by atoms with Gasteiger partial charge in [-0.15, -0.1) is 0 Å². The number of halogens is 1. The molecule has 78 valence electrons. The number of hydrogen-bond donors (Lipinski definition) is 1. The number of ether oxygens (including phenoxy) is 1. The summed E-state index contributed by atoms with van der Waals surface area (Å²) in [4.78, 5) is 0. The van der Waals surface area contributed by atoms with Gasteiger partial charge in [0.25, 0.3) is 0 Å². The molecule has 0 spiro atoms. The number of hydrogen-bond acceptors (Lipinski definition) is 2. The summed E-state index contributed by atoms with van der Waals surface area (Å²) in [5.41, 5.74) is 7.54. The Morgan fingerprint density at radius 3 is 2.36 bits per heavy atom. The van der Waals surface area contributed by atoms with Gasteiger partial charge in [0.05, 0.1) is 6.61 Å². The maximum atomic E-state index is 5.91.